The van der Waals surface area contributed by atoms with Gasteiger partial charge in [0.2, 0.25) is 0 Å². The standard InChI is InChI=1S/C8H4Cl2O2.C6H6O/c9-7(11)5-3-1-2-4-6(5)8(10)12;7-6-4-2-1-3-5-6/h1-4H;1-5,7H. The van der Waals surface area contributed by atoms with Gasteiger partial charge >= 0.3 is 0 Å². The van der Waals surface area contributed by atoms with Gasteiger partial charge in [-0.2, -0.15) is 0 Å². The smallest absolute Gasteiger partial charge is 0.253 e. The van der Waals surface area contributed by atoms with Crippen LogP contribution in [0.4, 0.5) is 0 Å². The normalized spacial score (nSPS) is 9.16. The van der Waals surface area contributed by atoms with E-state index in [9.17, 15) is 9.59 Å². The third-order valence-electron chi connectivity index (χ3n) is 2.11. The van der Waals surface area contributed by atoms with Crippen molar-refractivity contribution in [2.75, 3.05) is 0 Å². The van der Waals surface area contributed by atoms with E-state index in [0.717, 1.165) is 0 Å². The van der Waals surface area contributed by atoms with Crippen LogP contribution in [0.15, 0.2) is 54.6 Å². The van der Waals surface area contributed by atoms with Gasteiger partial charge in [0.25, 0.3) is 10.5 Å². The molecule has 0 aliphatic rings. The molecule has 3 nitrogen and oxygen atoms in total. The number of carbonyl (C=O) groups is 2. The minimum Gasteiger partial charge on any atom is -0.508 e. The zero-order valence-corrected chi connectivity index (χ0v) is 11.2. The molecule has 0 atom stereocenters. The van der Waals surface area contributed by atoms with Crippen LogP contribution in [0, 0.1) is 0 Å². The maximum absolute atomic E-state index is 10.7. The third kappa shape index (κ3) is 5.12. The monoisotopic (exact) mass is 296 g/mol. The topological polar surface area (TPSA) is 54.4 Å². The molecular formula is C14H10Cl2O3. The van der Waals surface area contributed by atoms with Crippen LogP contribution in [-0.2, 0) is 0 Å². The molecule has 0 radical (unpaired) electrons. The summed E-state index contributed by atoms with van der Waals surface area (Å²) < 4.78 is 0. The molecule has 98 valence electrons. The van der Waals surface area contributed by atoms with Crippen molar-refractivity contribution in [1.82, 2.24) is 0 Å². The first-order valence-corrected chi connectivity index (χ1v) is 6.00. The number of hydrogen-bond donors (Lipinski definition) is 1. The fraction of sp³-hybridized carbons (Fsp3) is 0. The summed E-state index contributed by atoms with van der Waals surface area (Å²) in [5.41, 5.74) is 0.276. The molecule has 0 fully saturated rings. The molecule has 0 aromatic heterocycles. The Bertz CT molecular complexity index is 535. The number of phenolic OH excluding ortho intramolecular Hbond substituents is 1. The van der Waals surface area contributed by atoms with E-state index in [4.69, 9.17) is 28.3 Å². The molecule has 1 N–H and O–H groups in total. The van der Waals surface area contributed by atoms with Crippen molar-refractivity contribution in [3.8, 4) is 5.75 Å². The van der Waals surface area contributed by atoms with Gasteiger partial charge in [-0.3, -0.25) is 9.59 Å². The van der Waals surface area contributed by atoms with Gasteiger partial charge in [-0.25, -0.2) is 0 Å². The minimum atomic E-state index is -0.681. The molecule has 0 spiro atoms. The molecular weight excluding hydrogens is 287 g/mol. The van der Waals surface area contributed by atoms with Crippen LogP contribution < -0.4 is 0 Å². The Morgan fingerprint density at radius 1 is 0.737 bits per heavy atom. The van der Waals surface area contributed by atoms with Gasteiger partial charge in [0, 0.05) is 11.1 Å². The minimum absolute atomic E-state index is 0.138. The van der Waals surface area contributed by atoms with Gasteiger partial charge in [0.1, 0.15) is 5.75 Å². The van der Waals surface area contributed by atoms with E-state index in [1.54, 1.807) is 36.4 Å². The van der Waals surface area contributed by atoms with Gasteiger partial charge in [-0.05, 0) is 47.5 Å². The van der Waals surface area contributed by atoms with E-state index in [-0.39, 0.29) is 11.1 Å². The molecule has 5 heteroatoms. The Kier molecular flexibility index (Phi) is 6.06. The number of hydrogen-bond acceptors (Lipinski definition) is 3. The second kappa shape index (κ2) is 7.56. The zero-order chi connectivity index (χ0) is 14.3. The largest absolute Gasteiger partial charge is 0.508 e. The maximum Gasteiger partial charge on any atom is 0.253 e. The SMILES string of the molecule is O=C(Cl)c1ccccc1C(=O)Cl.Oc1ccccc1. The molecule has 0 unspecified atom stereocenters. The average molecular weight is 297 g/mol. The molecule has 2 aromatic rings. The Morgan fingerprint density at radius 2 is 1.11 bits per heavy atom. The van der Waals surface area contributed by atoms with Crippen LogP contribution in [0.3, 0.4) is 0 Å². The highest BCUT2D eigenvalue weighted by Crippen LogP contribution is 2.13. The number of para-hydroxylation sites is 1. The summed E-state index contributed by atoms with van der Waals surface area (Å²) in [6.07, 6.45) is 0. The maximum atomic E-state index is 10.7. The van der Waals surface area contributed by atoms with Crippen molar-refractivity contribution in [3.63, 3.8) is 0 Å². The summed E-state index contributed by atoms with van der Waals surface area (Å²) in [6, 6.07) is 14.8. The molecule has 2 rings (SSSR count). The lowest BCUT2D eigenvalue weighted by atomic mass is 10.1. The Morgan fingerprint density at radius 3 is 1.37 bits per heavy atom. The van der Waals surface area contributed by atoms with Crippen molar-refractivity contribution in [3.05, 3.63) is 65.7 Å². The number of benzene rings is 2. The first-order chi connectivity index (χ1) is 9.02. The highest BCUT2D eigenvalue weighted by atomic mass is 35.5. The van der Waals surface area contributed by atoms with Crippen LogP contribution >= 0.6 is 23.2 Å². The summed E-state index contributed by atoms with van der Waals surface area (Å²) >= 11 is 10.4. The third-order valence-corrected chi connectivity index (χ3v) is 2.51. The van der Waals surface area contributed by atoms with E-state index in [1.165, 1.54) is 12.1 Å². The van der Waals surface area contributed by atoms with Gasteiger partial charge in [0.05, 0.1) is 0 Å². The first kappa shape index (κ1) is 15.2. The second-order valence-corrected chi connectivity index (χ2v) is 4.12. The molecule has 0 saturated carbocycles. The highest BCUT2D eigenvalue weighted by Gasteiger charge is 2.12. The molecule has 0 bridgehead atoms. The zero-order valence-electron chi connectivity index (χ0n) is 9.72. The van der Waals surface area contributed by atoms with E-state index in [1.807, 2.05) is 6.07 Å². The molecule has 19 heavy (non-hydrogen) atoms. The summed E-state index contributed by atoms with van der Waals surface area (Å²) in [6.45, 7) is 0. The first-order valence-electron chi connectivity index (χ1n) is 5.25. The van der Waals surface area contributed by atoms with Crippen molar-refractivity contribution in [1.29, 1.82) is 0 Å². The summed E-state index contributed by atoms with van der Waals surface area (Å²) in [4.78, 5) is 21.5. The Balaban J connectivity index is 0.000000218. The lowest BCUT2D eigenvalue weighted by Gasteiger charge is -1.98. The van der Waals surface area contributed by atoms with Gasteiger partial charge in [-0.15, -0.1) is 0 Å². The van der Waals surface area contributed by atoms with Crippen LogP contribution in [0.1, 0.15) is 20.7 Å². The summed E-state index contributed by atoms with van der Waals surface area (Å²) in [7, 11) is 0. The molecule has 0 aliphatic carbocycles. The second-order valence-electron chi connectivity index (χ2n) is 3.43. The Hall–Kier alpha value is -1.84. The van der Waals surface area contributed by atoms with Crippen molar-refractivity contribution >= 4 is 33.7 Å². The fourth-order valence-corrected chi connectivity index (χ4v) is 1.58. The number of aromatic hydroxyl groups is 1. The fourth-order valence-electron chi connectivity index (χ4n) is 1.25. The number of phenols is 1. The highest BCUT2D eigenvalue weighted by molar-refractivity contribution is 6.71. The van der Waals surface area contributed by atoms with Crippen LogP contribution in [-0.4, -0.2) is 15.6 Å². The van der Waals surface area contributed by atoms with E-state index < -0.39 is 10.5 Å². The van der Waals surface area contributed by atoms with Crippen LogP contribution in [0.2, 0.25) is 0 Å². The van der Waals surface area contributed by atoms with Gasteiger partial charge < -0.3 is 5.11 Å². The van der Waals surface area contributed by atoms with Crippen molar-refractivity contribution in [2.45, 2.75) is 0 Å². The van der Waals surface area contributed by atoms with Gasteiger partial charge in [0.15, 0.2) is 0 Å². The predicted octanol–water partition coefficient (Wildman–Crippen LogP) is 3.84. The predicted molar refractivity (Wildman–Crippen MR) is 74.9 cm³/mol. The van der Waals surface area contributed by atoms with Gasteiger partial charge in [-0.1, -0.05) is 30.3 Å². The van der Waals surface area contributed by atoms with E-state index >= 15 is 0 Å². The van der Waals surface area contributed by atoms with E-state index in [0.29, 0.717) is 5.75 Å². The summed E-state index contributed by atoms with van der Waals surface area (Å²) in [5.74, 6) is 0.322. The Labute approximate surface area is 120 Å². The molecule has 0 amide bonds. The number of halogens is 2. The molecule has 0 aliphatic heterocycles. The lowest BCUT2D eigenvalue weighted by Crippen LogP contribution is -1.99. The lowest BCUT2D eigenvalue weighted by molar-refractivity contribution is 0.105. The average Bonchev–Trinajstić information content (AvgIpc) is 2.40. The number of carbonyl (C=O) groups excluding carboxylic acids is 2. The quantitative estimate of drug-likeness (QED) is 0.857. The summed E-state index contributed by atoms with van der Waals surface area (Å²) in [5, 5.41) is 7.27. The molecule has 0 saturated heterocycles. The molecule has 2 aromatic carbocycles. The van der Waals surface area contributed by atoms with Crippen molar-refractivity contribution in [2.24, 2.45) is 0 Å². The van der Waals surface area contributed by atoms with Crippen LogP contribution in [0.25, 0.3) is 0 Å². The van der Waals surface area contributed by atoms with Crippen LogP contribution in [0.5, 0.6) is 5.75 Å². The number of rotatable bonds is 2. The molecule has 0 heterocycles. The van der Waals surface area contributed by atoms with E-state index in [2.05, 4.69) is 0 Å². The van der Waals surface area contributed by atoms with Crippen molar-refractivity contribution < 1.29 is 14.7 Å².